The zero-order valence-corrected chi connectivity index (χ0v) is 19.5. The molecule has 0 radical (unpaired) electrons. The van der Waals surface area contributed by atoms with Crippen LogP contribution < -0.4 is 0 Å². The maximum absolute atomic E-state index is 12.5. The number of nitrogens with zero attached hydrogens (tertiary/aromatic N) is 1. The van der Waals surface area contributed by atoms with Crippen molar-refractivity contribution in [2.24, 2.45) is 9.81 Å². The highest BCUT2D eigenvalue weighted by molar-refractivity contribution is 9.10. The lowest BCUT2D eigenvalue weighted by molar-refractivity contribution is -0.0350. The number of hydrogen-bond acceptors (Lipinski definition) is 2. The molecule has 2 aliphatic carbocycles. The fraction of sp³-hybridized carbons (Fsp3) is 0.682. The lowest BCUT2D eigenvalue weighted by Gasteiger charge is -2.41. The molecule has 0 aromatic heterocycles. The zero-order valence-electron chi connectivity index (χ0n) is 17.1. The van der Waals surface area contributed by atoms with Crippen LogP contribution in [-0.2, 0) is 22.1 Å². The summed E-state index contributed by atoms with van der Waals surface area (Å²) in [6, 6.07) is 6.61. The molecule has 1 aromatic carbocycles. The van der Waals surface area contributed by atoms with Crippen molar-refractivity contribution in [1.29, 1.82) is 0 Å². The normalized spacial score (nSPS) is 29.6. The summed E-state index contributed by atoms with van der Waals surface area (Å²) in [4.78, 5) is 0. The standard InChI is InChI=1S/C22H32BrNO2S/c1-15(2)26-18-8-10-22(11-9-18)13-16-6-7-17(23)12-19(16)20(22)14-24-27(25)21(3,4)5/h6-7,12,14-15,18,20H,8-11,13H2,1-5H3. The highest BCUT2D eigenvalue weighted by Crippen LogP contribution is 2.55. The molecule has 0 amide bonds. The van der Waals surface area contributed by atoms with Crippen LogP contribution in [0.1, 0.15) is 77.3 Å². The molecular weight excluding hydrogens is 422 g/mol. The van der Waals surface area contributed by atoms with Gasteiger partial charge in [-0.15, -0.1) is 0 Å². The van der Waals surface area contributed by atoms with Crippen LogP contribution in [0, 0.1) is 5.41 Å². The first kappa shape index (κ1) is 21.2. The number of ether oxygens (including phenoxy) is 1. The third kappa shape index (κ3) is 4.73. The zero-order chi connectivity index (χ0) is 19.8. The van der Waals surface area contributed by atoms with Crippen molar-refractivity contribution in [3.63, 3.8) is 0 Å². The van der Waals surface area contributed by atoms with Crippen LogP contribution in [0.2, 0.25) is 0 Å². The van der Waals surface area contributed by atoms with Crippen LogP contribution in [0.15, 0.2) is 27.1 Å². The van der Waals surface area contributed by atoms with E-state index >= 15 is 0 Å². The van der Waals surface area contributed by atoms with Gasteiger partial charge in [0.25, 0.3) is 0 Å². The fourth-order valence-electron chi connectivity index (χ4n) is 4.52. The second kappa shape index (κ2) is 8.08. The molecule has 5 heteroatoms. The van der Waals surface area contributed by atoms with Crippen molar-refractivity contribution in [3.8, 4) is 0 Å². The van der Waals surface area contributed by atoms with Crippen LogP contribution in [0.3, 0.4) is 0 Å². The van der Waals surface area contributed by atoms with E-state index in [1.54, 1.807) is 0 Å². The molecule has 1 spiro atoms. The van der Waals surface area contributed by atoms with E-state index in [0.717, 1.165) is 36.6 Å². The molecule has 2 atom stereocenters. The largest absolute Gasteiger partial charge is 0.376 e. The van der Waals surface area contributed by atoms with E-state index in [1.807, 2.05) is 27.0 Å². The smallest absolute Gasteiger partial charge is 0.144 e. The summed E-state index contributed by atoms with van der Waals surface area (Å²) >= 11 is 3.63. The number of rotatable bonds is 4. The highest BCUT2D eigenvalue weighted by atomic mass is 79.9. The topological polar surface area (TPSA) is 38.7 Å². The van der Waals surface area contributed by atoms with Crippen molar-refractivity contribution in [2.75, 3.05) is 0 Å². The van der Waals surface area contributed by atoms with Crippen LogP contribution in [-0.4, -0.2) is 27.4 Å². The van der Waals surface area contributed by atoms with E-state index in [-0.39, 0.29) is 22.2 Å². The van der Waals surface area contributed by atoms with Crippen LogP contribution in [0.4, 0.5) is 0 Å². The van der Waals surface area contributed by atoms with Gasteiger partial charge in [0.1, 0.15) is 11.0 Å². The Labute approximate surface area is 175 Å². The second-order valence-electron chi connectivity index (χ2n) is 9.36. The molecule has 0 aliphatic heterocycles. The van der Waals surface area contributed by atoms with Gasteiger partial charge < -0.3 is 4.74 Å². The molecule has 2 unspecified atom stereocenters. The molecule has 27 heavy (non-hydrogen) atoms. The Hall–Kier alpha value is -0.520. The summed E-state index contributed by atoms with van der Waals surface area (Å²) in [5.41, 5.74) is 2.95. The monoisotopic (exact) mass is 453 g/mol. The third-order valence-electron chi connectivity index (χ3n) is 5.87. The van der Waals surface area contributed by atoms with Crippen LogP contribution in [0.25, 0.3) is 0 Å². The minimum absolute atomic E-state index is 0.186. The molecule has 1 fully saturated rings. The van der Waals surface area contributed by atoms with Crippen LogP contribution >= 0.6 is 15.9 Å². The van der Waals surface area contributed by atoms with E-state index in [1.165, 1.54) is 11.1 Å². The SMILES string of the molecule is CC(C)OC1CCC2(CC1)Cc1ccc(Br)cc1C2C=NS(=O)C(C)(C)C. The maximum Gasteiger partial charge on any atom is 0.144 e. The molecule has 1 saturated carbocycles. The molecule has 2 aliphatic rings. The Balaban J connectivity index is 1.87. The number of benzene rings is 1. The van der Waals surface area contributed by atoms with Crippen molar-refractivity contribution in [3.05, 3.63) is 33.8 Å². The number of halogens is 1. The highest BCUT2D eigenvalue weighted by Gasteiger charge is 2.47. The van der Waals surface area contributed by atoms with Crippen LogP contribution in [0.5, 0.6) is 0 Å². The Morgan fingerprint density at radius 1 is 1.30 bits per heavy atom. The first-order chi connectivity index (χ1) is 12.6. The summed E-state index contributed by atoms with van der Waals surface area (Å²) < 4.78 is 23.9. The summed E-state index contributed by atoms with van der Waals surface area (Å²) in [6.45, 7) is 10.2. The molecule has 3 nitrogen and oxygen atoms in total. The Kier molecular flexibility index (Phi) is 6.34. The van der Waals surface area contributed by atoms with Gasteiger partial charge in [0.2, 0.25) is 0 Å². The van der Waals surface area contributed by atoms with E-state index in [4.69, 9.17) is 4.74 Å². The van der Waals surface area contributed by atoms with Gasteiger partial charge in [0.05, 0.1) is 17.0 Å². The van der Waals surface area contributed by atoms with Gasteiger partial charge in [-0.25, -0.2) is 4.21 Å². The fourth-order valence-corrected chi connectivity index (χ4v) is 5.45. The molecule has 0 N–H and O–H groups in total. The van der Waals surface area contributed by atoms with Crippen molar-refractivity contribution in [2.45, 2.75) is 89.6 Å². The molecule has 1 aromatic rings. The predicted molar refractivity (Wildman–Crippen MR) is 118 cm³/mol. The molecule has 0 saturated heterocycles. The van der Waals surface area contributed by atoms with Gasteiger partial charge in [-0.05, 0) is 95.4 Å². The lowest BCUT2D eigenvalue weighted by Crippen LogP contribution is -2.36. The quantitative estimate of drug-likeness (QED) is 0.526. The average molecular weight is 454 g/mol. The molecule has 0 heterocycles. The van der Waals surface area contributed by atoms with E-state index in [2.05, 4.69) is 52.4 Å². The minimum atomic E-state index is -1.22. The van der Waals surface area contributed by atoms with Crippen molar-refractivity contribution < 1.29 is 8.95 Å². The second-order valence-corrected chi connectivity index (χ2v) is 12.2. The summed E-state index contributed by atoms with van der Waals surface area (Å²) in [5.74, 6) is 0.233. The van der Waals surface area contributed by atoms with Gasteiger partial charge in [-0.1, -0.05) is 22.0 Å². The maximum atomic E-state index is 12.5. The lowest BCUT2D eigenvalue weighted by atomic mass is 9.66. The number of hydrogen-bond donors (Lipinski definition) is 0. The molecular formula is C22H32BrNO2S. The Morgan fingerprint density at radius 2 is 1.96 bits per heavy atom. The summed E-state index contributed by atoms with van der Waals surface area (Å²) in [5, 5.41) is 0. The van der Waals surface area contributed by atoms with E-state index in [0.29, 0.717) is 6.10 Å². The number of fused-ring (bicyclic) bond motifs is 1. The third-order valence-corrected chi connectivity index (χ3v) is 7.72. The summed E-state index contributed by atoms with van der Waals surface area (Å²) in [7, 11) is -1.22. The Morgan fingerprint density at radius 3 is 2.56 bits per heavy atom. The first-order valence-corrected chi connectivity index (χ1v) is 11.9. The van der Waals surface area contributed by atoms with Gasteiger partial charge in [-0.2, -0.15) is 4.40 Å². The average Bonchev–Trinajstić information content (AvgIpc) is 2.86. The molecule has 0 bridgehead atoms. The predicted octanol–water partition coefficient (Wildman–Crippen LogP) is 5.98. The van der Waals surface area contributed by atoms with Gasteiger partial charge in [0, 0.05) is 16.6 Å². The summed E-state index contributed by atoms with van der Waals surface area (Å²) in [6.07, 6.45) is 8.21. The molecule has 3 rings (SSSR count). The molecule has 150 valence electrons. The van der Waals surface area contributed by atoms with Gasteiger partial charge >= 0.3 is 0 Å². The van der Waals surface area contributed by atoms with Crippen molar-refractivity contribution in [1.82, 2.24) is 0 Å². The van der Waals surface area contributed by atoms with Crippen molar-refractivity contribution >= 4 is 33.1 Å². The van der Waals surface area contributed by atoms with E-state index < -0.39 is 11.0 Å². The Bertz CT molecular complexity index is 730. The van der Waals surface area contributed by atoms with E-state index in [9.17, 15) is 4.21 Å². The first-order valence-electron chi connectivity index (χ1n) is 10.0. The van der Waals surface area contributed by atoms with Gasteiger partial charge in [0.15, 0.2) is 0 Å². The van der Waals surface area contributed by atoms with Gasteiger partial charge in [-0.3, -0.25) is 0 Å². The minimum Gasteiger partial charge on any atom is -0.376 e.